The van der Waals surface area contributed by atoms with E-state index in [9.17, 15) is 4.79 Å². The van der Waals surface area contributed by atoms with E-state index in [1.165, 1.54) is 5.56 Å². The minimum atomic E-state index is -0.693. The van der Waals surface area contributed by atoms with Gasteiger partial charge in [0.05, 0.1) is 12.0 Å². The molecular weight excluding hydrogens is 254 g/mol. The van der Waals surface area contributed by atoms with Crippen LogP contribution in [0.5, 0.6) is 5.75 Å². The molecule has 1 aliphatic heterocycles. The number of carbonyl (C=O) groups is 1. The number of carboxylic acid groups (broad SMARTS) is 1. The van der Waals surface area contributed by atoms with Gasteiger partial charge in [0.15, 0.2) is 0 Å². The van der Waals surface area contributed by atoms with Gasteiger partial charge in [-0.25, -0.2) is 0 Å². The number of ether oxygens (including phenoxy) is 1. The topological polar surface area (TPSA) is 49.8 Å². The molecular formula is C16H23NO3. The summed E-state index contributed by atoms with van der Waals surface area (Å²) in [6.45, 7) is 8.41. The fourth-order valence-corrected chi connectivity index (χ4v) is 2.50. The number of hydrogen-bond acceptors (Lipinski definition) is 3. The Kier molecular flexibility index (Phi) is 4.65. The summed E-state index contributed by atoms with van der Waals surface area (Å²) in [5.41, 5.74) is 1.21. The van der Waals surface area contributed by atoms with Crippen molar-refractivity contribution in [1.29, 1.82) is 0 Å². The Bertz CT molecular complexity index is 467. The summed E-state index contributed by atoms with van der Waals surface area (Å²) >= 11 is 0. The average molecular weight is 277 g/mol. The quantitative estimate of drug-likeness (QED) is 0.868. The Balaban J connectivity index is 1.85. The number of hydrogen-bond donors (Lipinski definition) is 1. The summed E-state index contributed by atoms with van der Waals surface area (Å²) in [7, 11) is 0. The molecule has 1 N–H and O–H groups in total. The predicted octanol–water partition coefficient (Wildman–Crippen LogP) is 2.63. The zero-order chi connectivity index (χ0) is 14.7. The Labute approximate surface area is 120 Å². The lowest BCUT2D eigenvalue weighted by Gasteiger charge is -2.41. The number of aliphatic carboxylic acids is 1. The molecule has 1 saturated heterocycles. The molecule has 2 rings (SSSR count). The molecule has 20 heavy (non-hydrogen) atoms. The van der Waals surface area contributed by atoms with E-state index in [2.05, 4.69) is 17.0 Å². The van der Waals surface area contributed by atoms with Gasteiger partial charge in [0, 0.05) is 19.6 Å². The zero-order valence-corrected chi connectivity index (χ0v) is 12.4. The highest BCUT2D eigenvalue weighted by Crippen LogP contribution is 2.26. The molecule has 0 spiro atoms. The third kappa shape index (κ3) is 3.73. The van der Waals surface area contributed by atoms with Crippen LogP contribution >= 0.6 is 0 Å². The number of carboxylic acids is 1. The van der Waals surface area contributed by atoms with Gasteiger partial charge in [-0.3, -0.25) is 9.69 Å². The summed E-state index contributed by atoms with van der Waals surface area (Å²) in [5.74, 6) is 0.236. The highest BCUT2D eigenvalue weighted by atomic mass is 16.5. The molecule has 1 fully saturated rings. The maximum Gasteiger partial charge on any atom is 0.306 e. The van der Waals surface area contributed by atoms with Crippen LogP contribution in [-0.2, 0) is 11.3 Å². The van der Waals surface area contributed by atoms with E-state index in [0.717, 1.165) is 25.4 Å². The Morgan fingerprint density at radius 1 is 1.40 bits per heavy atom. The smallest absolute Gasteiger partial charge is 0.306 e. The lowest BCUT2D eigenvalue weighted by Crippen LogP contribution is -2.50. The van der Waals surface area contributed by atoms with Gasteiger partial charge in [-0.1, -0.05) is 19.1 Å². The first-order valence-corrected chi connectivity index (χ1v) is 7.16. The predicted molar refractivity (Wildman–Crippen MR) is 77.8 cm³/mol. The van der Waals surface area contributed by atoms with Crippen molar-refractivity contribution in [2.24, 2.45) is 11.8 Å². The van der Waals surface area contributed by atoms with Gasteiger partial charge in [0.1, 0.15) is 5.75 Å². The molecule has 4 nitrogen and oxygen atoms in total. The molecule has 110 valence electrons. The summed E-state index contributed by atoms with van der Waals surface area (Å²) < 4.78 is 5.68. The Morgan fingerprint density at radius 2 is 2.10 bits per heavy atom. The molecule has 0 aromatic heterocycles. The van der Waals surface area contributed by atoms with Crippen molar-refractivity contribution in [2.75, 3.05) is 13.1 Å². The van der Waals surface area contributed by atoms with Crippen LogP contribution in [0.3, 0.4) is 0 Å². The van der Waals surface area contributed by atoms with Crippen molar-refractivity contribution < 1.29 is 14.6 Å². The van der Waals surface area contributed by atoms with Crippen LogP contribution in [0.15, 0.2) is 24.3 Å². The zero-order valence-electron chi connectivity index (χ0n) is 12.4. The second-order valence-corrected chi connectivity index (χ2v) is 5.90. The molecule has 0 saturated carbocycles. The second kappa shape index (κ2) is 6.27. The monoisotopic (exact) mass is 277 g/mol. The largest absolute Gasteiger partial charge is 0.491 e. The maximum absolute atomic E-state index is 10.9. The van der Waals surface area contributed by atoms with Crippen LogP contribution in [0.25, 0.3) is 0 Å². The summed E-state index contributed by atoms with van der Waals surface area (Å²) in [6, 6.07) is 8.12. The third-order valence-corrected chi connectivity index (χ3v) is 3.76. The number of benzene rings is 1. The molecule has 1 aromatic carbocycles. The van der Waals surface area contributed by atoms with Crippen LogP contribution in [0, 0.1) is 11.8 Å². The summed E-state index contributed by atoms with van der Waals surface area (Å²) in [5, 5.41) is 8.98. The van der Waals surface area contributed by atoms with Crippen LogP contribution in [0.1, 0.15) is 26.3 Å². The van der Waals surface area contributed by atoms with Gasteiger partial charge < -0.3 is 9.84 Å². The minimum absolute atomic E-state index is 0.176. The molecule has 1 unspecified atom stereocenters. The van der Waals surface area contributed by atoms with Crippen LogP contribution in [0.2, 0.25) is 0 Å². The van der Waals surface area contributed by atoms with Crippen molar-refractivity contribution in [2.45, 2.75) is 33.4 Å². The summed E-state index contributed by atoms with van der Waals surface area (Å²) in [6.07, 6.45) is 0.176. The Hall–Kier alpha value is -1.55. The minimum Gasteiger partial charge on any atom is -0.491 e. The molecule has 0 radical (unpaired) electrons. The van der Waals surface area contributed by atoms with Crippen LogP contribution in [0.4, 0.5) is 0 Å². The fraction of sp³-hybridized carbons (Fsp3) is 0.562. The number of nitrogens with zero attached hydrogens (tertiary/aromatic N) is 1. The molecule has 1 atom stereocenters. The standard InChI is InChI=1S/C16H23NO3/c1-11(2)20-15-6-4-5-13(7-15)8-17-9-14(10-17)12(3)16(18)19/h4-7,11-12,14H,8-10H2,1-3H3,(H,18,19). The molecule has 0 bridgehead atoms. The van der Waals surface area contributed by atoms with Gasteiger partial charge in [-0.15, -0.1) is 0 Å². The molecule has 0 aliphatic carbocycles. The van der Waals surface area contributed by atoms with E-state index in [4.69, 9.17) is 9.84 Å². The maximum atomic E-state index is 10.9. The van der Waals surface area contributed by atoms with Crippen LogP contribution in [-0.4, -0.2) is 35.2 Å². The van der Waals surface area contributed by atoms with Crippen molar-refractivity contribution in [1.82, 2.24) is 4.90 Å². The first-order valence-electron chi connectivity index (χ1n) is 7.16. The molecule has 4 heteroatoms. The molecule has 1 heterocycles. The van der Waals surface area contributed by atoms with Gasteiger partial charge in [0.25, 0.3) is 0 Å². The van der Waals surface area contributed by atoms with E-state index >= 15 is 0 Å². The van der Waals surface area contributed by atoms with E-state index in [1.54, 1.807) is 6.92 Å². The van der Waals surface area contributed by atoms with Crippen molar-refractivity contribution in [3.8, 4) is 5.75 Å². The van der Waals surface area contributed by atoms with Gasteiger partial charge in [0.2, 0.25) is 0 Å². The average Bonchev–Trinajstić information content (AvgIpc) is 2.32. The van der Waals surface area contributed by atoms with E-state index < -0.39 is 5.97 Å². The van der Waals surface area contributed by atoms with Gasteiger partial charge in [-0.05, 0) is 37.5 Å². The molecule has 1 aromatic rings. The van der Waals surface area contributed by atoms with E-state index in [0.29, 0.717) is 0 Å². The number of rotatable bonds is 6. The number of likely N-dealkylation sites (tertiary alicyclic amines) is 1. The van der Waals surface area contributed by atoms with Crippen molar-refractivity contribution in [3.63, 3.8) is 0 Å². The van der Waals surface area contributed by atoms with E-state index in [1.807, 2.05) is 26.0 Å². The normalized spacial score (nSPS) is 17.8. The van der Waals surface area contributed by atoms with E-state index in [-0.39, 0.29) is 17.9 Å². The third-order valence-electron chi connectivity index (χ3n) is 3.76. The highest BCUT2D eigenvalue weighted by molar-refractivity contribution is 5.70. The van der Waals surface area contributed by atoms with Gasteiger partial charge in [-0.2, -0.15) is 0 Å². The van der Waals surface area contributed by atoms with Crippen molar-refractivity contribution >= 4 is 5.97 Å². The van der Waals surface area contributed by atoms with Gasteiger partial charge >= 0.3 is 5.97 Å². The first-order chi connectivity index (χ1) is 9.45. The molecule has 0 amide bonds. The lowest BCUT2D eigenvalue weighted by atomic mass is 9.87. The SMILES string of the molecule is CC(C)Oc1cccc(CN2CC(C(C)C(=O)O)C2)c1. The fourth-order valence-electron chi connectivity index (χ4n) is 2.50. The Morgan fingerprint density at radius 3 is 2.70 bits per heavy atom. The summed E-state index contributed by atoms with van der Waals surface area (Å²) in [4.78, 5) is 13.2. The lowest BCUT2D eigenvalue weighted by molar-refractivity contribution is -0.145. The van der Waals surface area contributed by atoms with Crippen molar-refractivity contribution in [3.05, 3.63) is 29.8 Å². The second-order valence-electron chi connectivity index (χ2n) is 5.90. The molecule has 1 aliphatic rings. The first kappa shape index (κ1) is 14.9. The highest BCUT2D eigenvalue weighted by Gasteiger charge is 2.34. The van der Waals surface area contributed by atoms with Crippen LogP contribution < -0.4 is 4.74 Å².